The van der Waals surface area contributed by atoms with Crippen molar-refractivity contribution in [3.63, 3.8) is 0 Å². The van der Waals surface area contributed by atoms with Crippen LogP contribution in [0.3, 0.4) is 0 Å². The van der Waals surface area contributed by atoms with Crippen molar-refractivity contribution in [2.45, 2.75) is 39.2 Å². The van der Waals surface area contributed by atoms with Gasteiger partial charge < -0.3 is 4.90 Å². The Kier molecular flexibility index (Phi) is 4.18. The number of carbonyl (C=O) groups excluding carboxylic acids is 1. The zero-order valence-corrected chi connectivity index (χ0v) is 13.1. The maximum absolute atomic E-state index is 11.5. The van der Waals surface area contributed by atoms with E-state index in [2.05, 4.69) is 22.0 Å². The molecule has 1 aliphatic heterocycles. The van der Waals surface area contributed by atoms with Gasteiger partial charge >= 0.3 is 0 Å². The zero-order valence-electron chi connectivity index (χ0n) is 13.1. The lowest BCUT2D eigenvalue weighted by Gasteiger charge is -2.31. The molecule has 1 atom stereocenters. The number of carbonyl (C=O) groups is 1. The quantitative estimate of drug-likeness (QED) is 0.870. The molecule has 116 valence electrons. The van der Waals surface area contributed by atoms with Crippen LogP contribution in [0.5, 0.6) is 0 Å². The molecule has 6 nitrogen and oxygen atoms in total. The van der Waals surface area contributed by atoms with E-state index in [4.69, 9.17) is 0 Å². The van der Waals surface area contributed by atoms with E-state index in [0.717, 1.165) is 49.4 Å². The predicted molar refractivity (Wildman–Crippen MR) is 83.2 cm³/mol. The number of piperidine rings is 1. The molecule has 0 radical (unpaired) electrons. The van der Waals surface area contributed by atoms with E-state index >= 15 is 0 Å². The van der Waals surface area contributed by atoms with Crippen LogP contribution in [-0.4, -0.2) is 43.6 Å². The molecule has 2 aromatic heterocycles. The van der Waals surface area contributed by atoms with Crippen molar-refractivity contribution in [3.05, 3.63) is 30.5 Å². The van der Waals surface area contributed by atoms with Gasteiger partial charge in [0.15, 0.2) is 0 Å². The molecule has 1 fully saturated rings. The first-order valence-corrected chi connectivity index (χ1v) is 7.77. The molecule has 2 aromatic rings. The fraction of sp³-hybridized carbons (Fsp3) is 0.500. The number of amides is 1. The van der Waals surface area contributed by atoms with Crippen LogP contribution >= 0.6 is 0 Å². The minimum Gasteiger partial charge on any atom is -0.342 e. The molecule has 0 bridgehead atoms. The summed E-state index contributed by atoms with van der Waals surface area (Å²) in [5.41, 5.74) is 2.79. The Morgan fingerprint density at radius 1 is 1.32 bits per heavy atom. The number of hydrogen-bond acceptors (Lipinski definition) is 4. The lowest BCUT2D eigenvalue weighted by Crippen LogP contribution is -2.37. The molecule has 22 heavy (non-hydrogen) atoms. The molecule has 1 aliphatic rings. The van der Waals surface area contributed by atoms with Gasteiger partial charge in [-0.1, -0.05) is 0 Å². The molecule has 1 amide bonds. The summed E-state index contributed by atoms with van der Waals surface area (Å²) < 4.78 is 1.87. The van der Waals surface area contributed by atoms with Crippen molar-refractivity contribution < 1.29 is 4.79 Å². The van der Waals surface area contributed by atoms with Crippen LogP contribution in [0.1, 0.15) is 38.3 Å². The van der Waals surface area contributed by atoms with Crippen molar-refractivity contribution in [1.29, 1.82) is 0 Å². The lowest BCUT2D eigenvalue weighted by atomic mass is 9.95. The number of rotatable bonds is 3. The fourth-order valence-corrected chi connectivity index (χ4v) is 2.87. The van der Waals surface area contributed by atoms with Gasteiger partial charge in [0.1, 0.15) is 0 Å². The highest BCUT2D eigenvalue weighted by atomic mass is 16.2. The van der Waals surface area contributed by atoms with Crippen molar-refractivity contribution in [1.82, 2.24) is 24.6 Å². The first-order chi connectivity index (χ1) is 10.7. The monoisotopic (exact) mass is 299 g/mol. The Morgan fingerprint density at radius 3 is 2.82 bits per heavy atom. The molecule has 0 saturated carbocycles. The van der Waals surface area contributed by atoms with Gasteiger partial charge in [-0.25, -0.2) is 0 Å². The molecule has 1 saturated heterocycles. The van der Waals surface area contributed by atoms with E-state index in [1.165, 1.54) is 0 Å². The van der Waals surface area contributed by atoms with Crippen LogP contribution in [0.2, 0.25) is 0 Å². The van der Waals surface area contributed by atoms with Crippen molar-refractivity contribution in [3.8, 4) is 11.3 Å². The highest BCUT2D eigenvalue weighted by Gasteiger charge is 2.24. The molecule has 3 heterocycles. The zero-order chi connectivity index (χ0) is 15.5. The summed E-state index contributed by atoms with van der Waals surface area (Å²) in [5, 5.41) is 4.26. The smallest absolute Gasteiger partial charge is 0.219 e. The highest BCUT2D eigenvalue weighted by Crippen LogP contribution is 2.26. The molecular weight excluding hydrogens is 278 g/mol. The Morgan fingerprint density at radius 2 is 2.18 bits per heavy atom. The molecular formula is C16H21N5O. The fourth-order valence-electron chi connectivity index (χ4n) is 2.87. The van der Waals surface area contributed by atoms with Crippen molar-refractivity contribution >= 4 is 5.91 Å². The van der Waals surface area contributed by atoms with Crippen LogP contribution < -0.4 is 0 Å². The normalized spacial score (nSPS) is 18.5. The van der Waals surface area contributed by atoms with Gasteiger partial charge in [-0.2, -0.15) is 5.10 Å². The van der Waals surface area contributed by atoms with Gasteiger partial charge in [-0.15, -0.1) is 0 Å². The standard InChI is InChI=1S/C16H21N5O/c1-3-21-11-14(7-19-21)16-9-17-15(8-18-16)13-5-4-6-20(10-13)12(2)22/h7-9,11,13H,3-6,10H2,1-2H3/t13-/m0/s1. The van der Waals surface area contributed by atoms with Gasteiger partial charge in [0.05, 0.1) is 23.8 Å². The van der Waals surface area contributed by atoms with E-state index in [-0.39, 0.29) is 11.8 Å². The van der Waals surface area contributed by atoms with Crippen molar-refractivity contribution in [2.24, 2.45) is 0 Å². The van der Waals surface area contributed by atoms with E-state index < -0.39 is 0 Å². The Hall–Kier alpha value is -2.24. The predicted octanol–water partition coefficient (Wildman–Crippen LogP) is 2.09. The topological polar surface area (TPSA) is 63.9 Å². The van der Waals surface area contributed by atoms with Gasteiger partial charge in [-0.3, -0.25) is 19.4 Å². The minimum absolute atomic E-state index is 0.140. The van der Waals surface area contributed by atoms with Crippen LogP contribution in [0.25, 0.3) is 11.3 Å². The average molecular weight is 299 g/mol. The summed E-state index contributed by atoms with van der Waals surface area (Å²) in [6, 6.07) is 0. The SMILES string of the molecule is CCn1cc(-c2cnc([C@H]3CCCN(C(C)=O)C3)cn2)cn1. The van der Waals surface area contributed by atoms with Crippen LogP contribution in [0.4, 0.5) is 0 Å². The van der Waals surface area contributed by atoms with Gasteiger partial charge in [-0.05, 0) is 19.8 Å². The third-order valence-corrected chi connectivity index (χ3v) is 4.21. The number of likely N-dealkylation sites (tertiary alicyclic amines) is 1. The number of aryl methyl sites for hydroxylation is 1. The minimum atomic E-state index is 0.140. The molecule has 0 aliphatic carbocycles. The number of nitrogens with zero attached hydrogens (tertiary/aromatic N) is 5. The second-order valence-corrected chi connectivity index (χ2v) is 5.72. The second-order valence-electron chi connectivity index (χ2n) is 5.72. The molecule has 0 spiro atoms. The molecule has 0 N–H and O–H groups in total. The van der Waals surface area contributed by atoms with Crippen LogP contribution in [0, 0.1) is 0 Å². The first kappa shape index (κ1) is 14.7. The van der Waals surface area contributed by atoms with Crippen LogP contribution in [0.15, 0.2) is 24.8 Å². The van der Waals surface area contributed by atoms with E-state index in [1.807, 2.05) is 28.2 Å². The third kappa shape index (κ3) is 3.00. The maximum atomic E-state index is 11.5. The Labute approximate surface area is 130 Å². The largest absolute Gasteiger partial charge is 0.342 e. The average Bonchev–Trinajstić information content (AvgIpc) is 3.04. The molecule has 3 rings (SSSR count). The summed E-state index contributed by atoms with van der Waals surface area (Å²) >= 11 is 0. The summed E-state index contributed by atoms with van der Waals surface area (Å²) in [6.45, 7) is 6.12. The van der Waals surface area contributed by atoms with E-state index in [1.54, 1.807) is 13.1 Å². The van der Waals surface area contributed by atoms with Crippen LogP contribution in [-0.2, 0) is 11.3 Å². The summed E-state index contributed by atoms with van der Waals surface area (Å²) in [5.74, 6) is 0.429. The Balaban J connectivity index is 1.75. The maximum Gasteiger partial charge on any atom is 0.219 e. The summed E-state index contributed by atoms with van der Waals surface area (Å²) in [6.07, 6.45) is 9.52. The van der Waals surface area contributed by atoms with Gasteiger partial charge in [0, 0.05) is 50.4 Å². The molecule has 0 aromatic carbocycles. The first-order valence-electron chi connectivity index (χ1n) is 7.77. The molecule has 6 heteroatoms. The second kappa shape index (κ2) is 6.25. The van der Waals surface area contributed by atoms with Crippen molar-refractivity contribution in [2.75, 3.05) is 13.1 Å². The van der Waals surface area contributed by atoms with E-state index in [9.17, 15) is 4.79 Å². The summed E-state index contributed by atoms with van der Waals surface area (Å²) in [4.78, 5) is 22.5. The van der Waals surface area contributed by atoms with E-state index in [0.29, 0.717) is 0 Å². The third-order valence-electron chi connectivity index (χ3n) is 4.21. The number of hydrogen-bond donors (Lipinski definition) is 0. The number of aromatic nitrogens is 4. The lowest BCUT2D eigenvalue weighted by molar-refractivity contribution is -0.130. The van der Waals surface area contributed by atoms with Gasteiger partial charge in [0.2, 0.25) is 5.91 Å². The Bertz CT molecular complexity index is 649. The molecule has 0 unspecified atom stereocenters. The van der Waals surface area contributed by atoms with Gasteiger partial charge in [0.25, 0.3) is 0 Å². The highest BCUT2D eigenvalue weighted by molar-refractivity contribution is 5.73. The summed E-state index contributed by atoms with van der Waals surface area (Å²) in [7, 11) is 0.